The van der Waals surface area contributed by atoms with Crippen LogP contribution in [0.5, 0.6) is 0 Å². The van der Waals surface area contributed by atoms with Crippen LogP contribution in [-0.4, -0.2) is 0 Å². The average molecular weight is 120 g/mol. The monoisotopic (exact) mass is 120 g/mol. The molecule has 3 aliphatic carbocycles. The van der Waals surface area contributed by atoms with Crippen LogP contribution in [0.1, 0.15) is 20.3 Å². The molecule has 0 spiro atoms. The second kappa shape index (κ2) is 1.50. The Morgan fingerprint density at radius 1 is 1.44 bits per heavy atom. The largest absolute Gasteiger partial charge is 0.0781 e. The third-order valence-electron chi connectivity index (χ3n) is 2.55. The van der Waals surface area contributed by atoms with Crippen molar-refractivity contribution >= 4 is 0 Å². The van der Waals surface area contributed by atoms with Gasteiger partial charge in [-0.2, -0.15) is 0 Å². The predicted octanol–water partition coefficient (Wildman–Crippen LogP) is 2.53. The lowest BCUT2D eigenvalue weighted by Gasteiger charge is -2.35. The van der Waals surface area contributed by atoms with Crippen LogP contribution in [0.2, 0.25) is 0 Å². The van der Waals surface area contributed by atoms with Crippen molar-refractivity contribution in [1.82, 2.24) is 0 Å². The quantitative estimate of drug-likeness (QED) is 0.431. The standard InChI is InChI=1S/C9H12/c1-6-3-7(2)9-4-8(6)5-9/h3-4,6,9H,5H2,1-2H3/t6?,9-/m0/s1. The van der Waals surface area contributed by atoms with E-state index in [9.17, 15) is 0 Å². The van der Waals surface area contributed by atoms with Gasteiger partial charge in [0.2, 0.25) is 0 Å². The number of hydrogen-bond donors (Lipinski definition) is 0. The fourth-order valence-corrected chi connectivity index (χ4v) is 1.73. The zero-order valence-corrected chi connectivity index (χ0v) is 6.02. The highest BCUT2D eigenvalue weighted by atomic mass is 14.3. The maximum Gasteiger partial charge on any atom is 0.00145 e. The fraction of sp³-hybridized carbons (Fsp3) is 0.556. The van der Waals surface area contributed by atoms with Gasteiger partial charge in [0.1, 0.15) is 0 Å². The minimum Gasteiger partial charge on any atom is -0.0781 e. The van der Waals surface area contributed by atoms with E-state index in [-0.39, 0.29) is 0 Å². The van der Waals surface area contributed by atoms with Gasteiger partial charge in [0.05, 0.1) is 0 Å². The van der Waals surface area contributed by atoms with Crippen LogP contribution in [-0.2, 0) is 0 Å². The fourth-order valence-electron chi connectivity index (χ4n) is 1.73. The van der Waals surface area contributed by atoms with E-state index in [1.54, 1.807) is 11.1 Å². The lowest BCUT2D eigenvalue weighted by molar-refractivity contribution is 0.556. The summed E-state index contributed by atoms with van der Waals surface area (Å²) in [6.45, 7) is 4.53. The molecule has 0 nitrogen and oxygen atoms in total. The van der Waals surface area contributed by atoms with E-state index >= 15 is 0 Å². The van der Waals surface area contributed by atoms with Gasteiger partial charge < -0.3 is 0 Å². The van der Waals surface area contributed by atoms with Gasteiger partial charge in [-0.15, -0.1) is 0 Å². The Bertz CT molecular complexity index is 196. The lowest BCUT2D eigenvalue weighted by Crippen LogP contribution is -2.21. The van der Waals surface area contributed by atoms with E-state index in [4.69, 9.17) is 0 Å². The van der Waals surface area contributed by atoms with Crippen LogP contribution in [0.4, 0.5) is 0 Å². The molecule has 0 aromatic rings. The summed E-state index contributed by atoms with van der Waals surface area (Å²) < 4.78 is 0. The van der Waals surface area contributed by atoms with Gasteiger partial charge in [0.25, 0.3) is 0 Å². The molecule has 0 heteroatoms. The van der Waals surface area contributed by atoms with Crippen LogP contribution >= 0.6 is 0 Å². The Kier molecular flexibility index (Phi) is 0.879. The van der Waals surface area contributed by atoms with Crippen molar-refractivity contribution in [3.63, 3.8) is 0 Å². The Balaban J connectivity index is 2.32. The van der Waals surface area contributed by atoms with Gasteiger partial charge in [-0.05, 0) is 19.3 Å². The number of fused-ring (bicyclic) bond motifs is 1. The topological polar surface area (TPSA) is 0 Å². The third kappa shape index (κ3) is 0.592. The van der Waals surface area contributed by atoms with Crippen LogP contribution in [0.15, 0.2) is 23.3 Å². The summed E-state index contributed by atoms with van der Waals surface area (Å²) in [5.41, 5.74) is 3.24. The summed E-state index contributed by atoms with van der Waals surface area (Å²) in [7, 11) is 0. The molecule has 0 aromatic heterocycles. The summed E-state index contributed by atoms with van der Waals surface area (Å²) >= 11 is 0. The van der Waals surface area contributed by atoms with Crippen LogP contribution < -0.4 is 0 Å². The maximum atomic E-state index is 2.42. The minimum absolute atomic E-state index is 0.745. The third-order valence-corrected chi connectivity index (χ3v) is 2.55. The van der Waals surface area contributed by atoms with Crippen molar-refractivity contribution < 1.29 is 0 Å². The molecule has 48 valence electrons. The van der Waals surface area contributed by atoms with Gasteiger partial charge in [0, 0.05) is 5.92 Å². The van der Waals surface area contributed by atoms with E-state index < -0.39 is 0 Å². The van der Waals surface area contributed by atoms with Gasteiger partial charge in [-0.25, -0.2) is 0 Å². The lowest BCUT2D eigenvalue weighted by atomic mass is 9.70. The molecule has 9 heavy (non-hydrogen) atoms. The number of rotatable bonds is 0. The molecule has 0 fully saturated rings. The van der Waals surface area contributed by atoms with Gasteiger partial charge in [-0.3, -0.25) is 0 Å². The summed E-state index contributed by atoms with van der Waals surface area (Å²) in [6, 6.07) is 0. The van der Waals surface area contributed by atoms with E-state index in [2.05, 4.69) is 26.0 Å². The molecular weight excluding hydrogens is 108 g/mol. The highest BCUT2D eigenvalue weighted by molar-refractivity contribution is 5.36. The van der Waals surface area contributed by atoms with Gasteiger partial charge >= 0.3 is 0 Å². The predicted molar refractivity (Wildman–Crippen MR) is 39.1 cm³/mol. The SMILES string of the molecule is CC1=CC(C)C2=C[C@H]1C2. The van der Waals surface area contributed by atoms with Gasteiger partial charge in [0.15, 0.2) is 0 Å². The molecule has 0 saturated carbocycles. The number of hydrogen-bond acceptors (Lipinski definition) is 0. The van der Waals surface area contributed by atoms with Gasteiger partial charge in [-0.1, -0.05) is 30.2 Å². The summed E-state index contributed by atoms with van der Waals surface area (Å²) in [5.74, 6) is 1.58. The van der Waals surface area contributed by atoms with Crippen LogP contribution in [0.3, 0.4) is 0 Å². The Labute approximate surface area is 56.3 Å². The Hall–Kier alpha value is -0.520. The molecule has 3 rings (SSSR count). The first-order valence-corrected chi connectivity index (χ1v) is 3.66. The average Bonchev–Trinajstić information content (AvgIpc) is 1.57. The Morgan fingerprint density at radius 2 is 2.11 bits per heavy atom. The normalized spacial score (nSPS) is 38.9. The van der Waals surface area contributed by atoms with Crippen molar-refractivity contribution in [3.05, 3.63) is 23.3 Å². The molecule has 2 atom stereocenters. The first-order chi connectivity index (χ1) is 4.27. The zero-order chi connectivity index (χ0) is 6.43. The highest BCUT2D eigenvalue weighted by Gasteiger charge is 2.27. The smallest absolute Gasteiger partial charge is 0.00145 e. The molecule has 0 aromatic carbocycles. The molecular formula is C9H12. The summed E-state index contributed by atoms with van der Waals surface area (Å²) in [6.07, 6.45) is 6.16. The van der Waals surface area contributed by atoms with Crippen molar-refractivity contribution in [3.8, 4) is 0 Å². The molecule has 1 unspecified atom stereocenters. The first-order valence-electron chi connectivity index (χ1n) is 3.66. The van der Waals surface area contributed by atoms with Crippen molar-refractivity contribution in [2.75, 3.05) is 0 Å². The molecule has 0 heterocycles. The Morgan fingerprint density at radius 3 is 2.44 bits per heavy atom. The van der Waals surface area contributed by atoms with Crippen molar-refractivity contribution in [2.24, 2.45) is 11.8 Å². The highest BCUT2D eigenvalue weighted by Crippen LogP contribution is 2.41. The molecule has 0 amide bonds. The molecule has 3 aliphatic rings. The van der Waals surface area contributed by atoms with Crippen LogP contribution in [0, 0.1) is 11.8 Å². The van der Waals surface area contributed by atoms with E-state index in [0.717, 1.165) is 11.8 Å². The molecule has 0 saturated heterocycles. The van der Waals surface area contributed by atoms with E-state index in [0.29, 0.717) is 0 Å². The summed E-state index contributed by atoms with van der Waals surface area (Å²) in [4.78, 5) is 0. The second-order valence-electron chi connectivity index (χ2n) is 3.25. The molecule has 0 radical (unpaired) electrons. The summed E-state index contributed by atoms with van der Waals surface area (Å²) in [5, 5.41) is 0. The van der Waals surface area contributed by atoms with Crippen molar-refractivity contribution in [1.29, 1.82) is 0 Å². The zero-order valence-electron chi connectivity index (χ0n) is 6.02. The molecule has 2 bridgehead atoms. The minimum atomic E-state index is 0.745. The second-order valence-corrected chi connectivity index (χ2v) is 3.25. The van der Waals surface area contributed by atoms with E-state index in [1.807, 2.05) is 0 Å². The van der Waals surface area contributed by atoms with E-state index in [1.165, 1.54) is 6.42 Å². The number of allylic oxidation sites excluding steroid dienone is 4. The maximum absolute atomic E-state index is 2.42. The van der Waals surface area contributed by atoms with Crippen molar-refractivity contribution in [2.45, 2.75) is 20.3 Å². The molecule has 0 N–H and O–H groups in total. The molecule has 0 aliphatic heterocycles. The first kappa shape index (κ1) is 5.28. The van der Waals surface area contributed by atoms with Crippen LogP contribution in [0.25, 0.3) is 0 Å².